The molecule has 2 rings (SSSR count). The summed E-state index contributed by atoms with van der Waals surface area (Å²) in [5.74, 6) is -0.895. The van der Waals surface area contributed by atoms with E-state index in [4.69, 9.17) is 11.6 Å². The number of likely N-dealkylation sites (N-methyl/N-ethyl adjacent to an activating group) is 1. The Morgan fingerprint density at radius 2 is 2.12 bits per heavy atom. The lowest BCUT2D eigenvalue weighted by molar-refractivity contribution is 0.273. The monoisotopic (exact) mass is 278 g/mol. The van der Waals surface area contributed by atoms with E-state index in [1.807, 2.05) is 0 Å². The zero-order chi connectivity index (χ0) is 12.6. The van der Waals surface area contributed by atoms with E-state index in [0.29, 0.717) is 13.1 Å². The summed E-state index contributed by atoms with van der Waals surface area (Å²) in [5, 5.41) is 2.78. The van der Waals surface area contributed by atoms with E-state index in [9.17, 15) is 12.8 Å². The van der Waals surface area contributed by atoms with Crippen LogP contribution < -0.4 is 5.32 Å². The molecule has 1 N–H and O–H groups in total. The summed E-state index contributed by atoms with van der Waals surface area (Å²) in [4.78, 5) is -0.376. The second-order valence-corrected chi connectivity index (χ2v) is 6.26. The van der Waals surface area contributed by atoms with Crippen LogP contribution in [0, 0.1) is 5.82 Å². The van der Waals surface area contributed by atoms with E-state index in [2.05, 4.69) is 5.32 Å². The van der Waals surface area contributed by atoms with Gasteiger partial charge in [-0.2, -0.15) is 4.31 Å². The maximum atomic E-state index is 13.7. The molecule has 0 spiro atoms. The molecule has 17 heavy (non-hydrogen) atoms. The summed E-state index contributed by atoms with van der Waals surface area (Å²) in [5.41, 5.74) is 0. The maximum absolute atomic E-state index is 13.7. The fourth-order valence-electron chi connectivity index (χ4n) is 1.57. The van der Waals surface area contributed by atoms with Gasteiger partial charge in [0.25, 0.3) is 0 Å². The highest BCUT2D eigenvalue weighted by molar-refractivity contribution is 7.89. The van der Waals surface area contributed by atoms with Gasteiger partial charge in [-0.3, -0.25) is 0 Å². The highest BCUT2D eigenvalue weighted by Crippen LogP contribution is 2.25. The summed E-state index contributed by atoms with van der Waals surface area (Å²) in [6, 6.07) is 3.84. The second kappa shape index (κ2) is 4.53. The minimum Gasteiger partial charge on any atom is -0.313 e. The summed E-state index contributed by atoms with van der Waals surface area (Å²) in [6.45, 7) is 1.16. The van der Waals surface area contributed by atoms with Gasteiger partial charge >= 0.3 is 0 Å². The van der Waals surface area contributed by atoms with Crippen molar-refractivity contribution in [2.75, 3.05) is 20.1 Å². The molecule has 1 heterocycles. The van der Waals surface area contributed by atoms with Gasteiger partial charge in [-0.1, -0.05) is 17.7 Å². The van der Waals surface area contributed by atoms with Crippen molar-refractivity contribution in [1.29, 1.82) is 0 Å². The highest BCUT2D eigenvalue weighted by Gasteiger charge is 2.33. The van der Waals surface area contributed by atoms with Crippen LogP contribution in [0.3, 0.4) is 0 Å². The first kappa shape index (κ1) is 12.8. The first-order chi connectivity index (χ1) is 7.94. The van der Waals surface area contributed by atoms with Gasteiger partial charge in [0.05, 0.1) is 5.02 Å². The van der Waals surface area contributed by atoms with Crippen LogP contribution in [0.4, 0.5) is 4.39 Å². The molecule has 0 aromatic heterocycles. The molecule has 0 saturated carbocycles. The average molecular weight is 279 g/mol. The molecule has 94 valence electrons. The van der Waals surface area contributed by atoms with Crippen LogP contribution in [0.25, 0.3) is 0 Å². The number of nitrogens with one attached hydrogen (secondary N) is 1. The summed E-state index contributed by atoms with van der Waals surface area (Å²) in [7, 11) is -2.37. The smallest absolute Gasteiger partial charge is 0.246 e. The zero-order valence-corrected chi connectivity index (χ0v) is 10.7. The Kier molecular flexibility index (Phi) is 3.40. The van der Waals surface area contributed by atoms with Gasteiger partial charge in [-0.15, -0.1) is 0 Å². The molecule has 4 nitrogen and oxygen atoms in total. The first-order valence-electron chi connectivity index (χ1n) is 5.07. The van der Waals surface area contributed by atoms with Crippen molar-refractivity contribution >= 4 is 21.6 Å². The van der Waals surface area contributed by atoms with Crippen molar-refractivity contribution in [1.82, 2.24) is 9.62 Å². The van der Waals surface area contributed by atoms with Crippen LogP contribution in [-0.4, -0.2) is 38.9 Å². The van der Waals surface area contributed by atoms with E-state index in [1.165, 1.54) is 29.6 Å². The summed E-state index contributed by atoms with van der Waals surface area (Å²) < 4.78 is 39.1. The average Bonchev–Trinajstić information content (AvgIpc) is 2.19. The Morgan fingerprint density at radius 1 is 1.47 bits per heavy atom. The third-order valence-electron chi connectivity index (χ3n) is 2.85. The number of benzene rings is 1. The normalized spacial score (nSPS) is 17.2. The van der Waals surface area contributed by atoms with Crippen molar-refractivity contribution in [2.24, 2.45) is 0 Å². The third-order valence-corrected chi connectivity index (χ3v) is 5.07. The molecule has 1 aromatic carbocycles. The number of halogens is 2. The lowest BCUT2D eigenvalue weighted by Crippen LogP contribution is -2.57. The lowest BCUT2D eigenvalue weighted by Gasteiger charge is -2.34. The van der Waals surface area contributed by atoms with Crippen molar-refractivity contribution < 1.29 is 12.8 Å². The van der Waals surface area contributed by atoms with E-state index in [0.717, 1.165) is 0 Å². The van der Waals surface area contributed by atoms with E-state index >= 15 is 0 Å². The largest absolute Gasteiger partial charge is 0.313 e. The molecule has 1 saturated heterocycles. The van der Waals surface area contributed by atoms with Crippen LogP contribution in [-0.2, 0) is 10.0 Å². The molecule has 0 atom stereocenters. The Morgan fingerprint density at radius 3 is 2.65 bits per heavy atom. The predicted octanol–water partition coefficient (Wildman–Crippen LogP) is 1.07. The topological polar surface area (TPSA) is 49.4 Å². The molecule has 1 aliphatic heterocycles. The molecule has 1 fully saturated rings. The molecular weight excluding hydrogens is 267 g/mol. The van der Waals surface area contributed by atoms with Crippen molar-refractivity contribution in [2.45, 2.75) is 10.9 Å². The van der Waals surface area contributed by atoms with Gasteiger partial charge in [0.15, 0.2) is 5.82 Å². The summed E-state index contributed by atoms with van der Waals surface area (Å²) in [6.07, 6.45) is 0. The fraction of sp³-hybridized carbons (Fsp3) is 0.400. The molecule has 0 unspecified atom stereocenters. The number of nitrogens with zero attached hydrogens (tertiary/aromatic N) is 1. The minimum atomic E-state index is -3.82. The Bertz CT molecular complexity index is 531. The third kappa shape index (κ3) is 2.18. The fourth-order valence-corrected chi connectivity index (χ4v) is 3.23. The van der Waals surface area contributed by atoms with Crippen LogP contribution in [0.15, 0.2) is 23.1 Å². The number of sulfonamides is 1. The Balaban J connectivity index is 2.40. The van der Waals surface area contributed by atoms with Crippen LogP contribution in [0.5, 0.6) is 0 Å². The van der Waals surface area contributed by atoms with Gasteiger partial charge in [0.1, 0.15) is 4.90 Å². The lowest BCUT2D eigenvalue weighted by atomic mass is 10.2. The first-order valence-corrected chi connectivity index (χ1v) is 6.89. The zero-order valence-electron chi connectivity index (χ0n) is 9.15. The Labute approximate surface area is 104 Å². The van der Waals surface area contributed by atoms with Crippen LogP contribution in [0.1, 0.15) is 0 Å². The Hall–Kier alpha value is -0.690. The van der Waals surface area contributed by atoms with Gasteiger partial charge in [0.2, 0.25) is 10.0 Å². The molecule has 1 aliphatic rings. The standard InChI is InChI=1S/C10H12ClFN2O2S/c1-14(7-5-13-6-7)17(15,16)9-4-2-3-8(11)10(9)12/h2-4,7,13H,5-6H2,1H3. The molecule has 0 radical (unpaired) electrons. The molecule has 7 heteroatoms. The molecule has 0 bridgehead atoms. The van der Waals surface area contributed by atoms with E-state index in [1.54, 1.807) is 0 Å². The van der Waals surface area contributed by atoms with Gasteiger partial charge in [-0.25, -0.2) is 12.8 Å². The van der Waals surface area contributed by atoms with Gasteiger partial charge < -0.3 is 5.32 Å². The summed E-state index contributed by atoms with van der Waals surface area (Å²) >= 11 is 5.58. The number of rotatable bonds is 3. The van der Waals surface area contributed by atoms with E-state index < -0.39 is 15.8 Å². The van der Waals surface area contributed by atoms with Crippen LogP contribution >= 0.6 is 11.6 Å². The van der Waals surface area contributed by atoms with E-state index in [-0.39, 0.29) is 16.0 Å². The second-order valence-electron chi connectivity index (χ2n) is 3.89. The number of hydrogen-bond acceptors (Lipinski definition) is 3. The number of hydrogen-bond donors (Lipinski definition) is 1. The molecule has 0 amide bonds. The quantitative estimate of drug-likeness (QED) is 0.900. The highest BCUT2D eigenvalue weighted by atomic mass is 35.5. The van der Waals surface area contributed by atoms with Crippen molar-refractivity contribution in [3.8, 4) is 0 Å². The minimum absolute atomic E-state index is 0.126. The predicted molar refractivity (Wildman–Crippen MR) is 63.0 cm³/mol. The SMILES string of the molecule is CN(C1CNC1)S(=O)(=O)c1cccc(Cl)c1F. The maximum Gasteiger partial charge on any atom is 0.246 e. The van der Waals surface area contributed by atoms with Gasteiger partial charge in [0, 0.05) is 26.2 Å². The molecule has 0 aliphatic carbocycles. The van der Waals surface area contributed by atoms with Crippen molar-refractivity contribution in [3.05, 3.63) is 29.0 Å². The van der Waals surface area contributed by atoms with Gasteiger partial charge in [-0.05, 0) is 12.1 Å². The molecular formula is C10H12ClFN2O2S. The molecule has 1 aromatic rings. The van der Waals surface area contributed by atoms with Crippen LogP contribution in [0.2, 0.25) is 5.02 Å². The van der Waals surface area contributed by atoms with Crippen molar-refractivity contribution in [3.63, 3.8) is 0 Å².